The molecular weight excluding hydrogens is 247 g/mol. The third-order valence-corrected chi connectivity index (χ3v) is 2.80. The lowest BCUT2D eigenvalue weighted by atomic mass is 10.1. The number of amides is 1. The highest BCUT2D eigenvalue weighted by molar-refractivity contribution is 5.81. The zero-order chi connectivity index (χ0) is 14.1. The van der Waals surface area contributed by atoms with E-state index in [9.17, 15) is 9.18 Å². The van der Waals surface area contributed by atoms with Crippen LogP contribution < -0.4 is 10.6 Å². The molecule has 1 atom stereocenters. The molecule has 106 valence electrons. The lowest BCUT2D eigenvalue weighted by Crippen LogP contribution is -2.43. The van der Waals surface area contributed by atoms with Gasteiger partial charge in [0.25, 0.3) is 0 Å². The van der Waals surface area contributed by atoms with Crippen LogP contribution in [0.4, 0.5) is 4.39 Å². The molecule has 0 aromatic heterocycles. The Morgan fingerprint density at radius 1 is 1.37 bits per heavy atom. The van der Waals surface area contributed by atoms with Gasteiger partial charge in [-0.05, 0) is 25.0 Å². The van der Waals surface area contributed by atoms with Crippen LogP contribution in [0.3, 0.4) is 0 Å². The Kier molecular flexibility index (Phi) is 7.07. The maximum atomic E-state index is 13.4. The Balaban J connectivity index is 2.25. The van der Waals surface area contributed by atoms with E-state index in [1.807, 2.05) is 0 Å². The molecule has 0 saturated carbocycles. The van der Waals surface area contributed by atoms with Crippen LogP contribution in [0.5, 0.6) is 0 Å². The number of methoxy groups -OCH3 is 1. The standard InChI is InChI=1S/C14H21FN2O2/c1-11(14(18)17-9-10-19-2)16-8-7-12-5-3-4-6-13(12)15/h3-6,11,16H,7-10H2,1-2H3,(H,17,18). The summed E-state index contributed by atoms with van der Waals surface area (Å²) < 4.78 is 18.2. The van der Waals surface area contributed by atoms with Crippen LogP contribution in [-0.4, -0.2) is 38.8 Å². The van der Waals surface area contributed by atoms with E-state index >= 15 is 0 Å². The van der Waals surface area contributed by atoms with E-state index in [0.717, 1.165) is 0 Å². The van der Waals surface area contributed by atoms with Crippen LogP contribution in [0, 0.1) is 5.82 Å². The summed E-state index contributed by atoms with van der Waals surface area (Å²) in [7, 11) is 1.59. The van der Waals surface area contributed by atoms with Crippen molar-refractivity contribution >= 4 is 5.91 Å². The minimum atomic E-state index is -0.302. The largest absolute Gasteiger partial charge is 0.383 e. The summed E-state index contributed by atoms with van der Waals surface area (Å²) in [5.74, 6) is -0.285. The normalized spacial score (nSPS) is 12.2. The average Bonchev–Trinajstić information content (AvgIpc) is 2.41. The molecule has 2 N–H and O–H groups in total. The molecule has 1 rings (SSSR count). The number of hydrogen-bond donors (Lipinski definition) is 2. The smallest absolute Gasteiger partial charge is 0.236 e. The van der Waals surface area contributed by atoms with Gasteiger partial charge in [0.1, 0.15) is 5.82 Å². The Labute approximate surface area is 113 Å². The molecule has 1 aromatic rings. The molecule has 0 fully saturated rings. The molecule has 0 aliphatic rings. The van der Waals surface area contributed by atoms with Crippen LogP contribution in [0.2, 0.25) is 0 Å². The van der Waals surface area contributed by atoms with Gasteiger partial charge in [-0.1, -0.05) is 18.2 Å². The Morgan fingerprint density at radius 3 is 2.79 bits per heavy atom. The SMILES string of the molecule is COCCNC(=O)C(C)NCCc1ccccc1F. The second kappa shape index (κ2) is 8.61. The van der Waals surface area contributed by atoms with Crippen LogP contribution >= 0.6 is 0 Å². The number of ether oxygens (including phenoxy) is 1. The van der Waals surface area contributed by atoms with E-state index in [1.54, 1.807) is 32.2 Å². The van der Waals surface area contributed by atoms with E-state index in [4.69, 9.17) is 4.74 Å². The van der Waals surface area contributed by atoms with E-state index in [-0.39, 0.29) is 17.8 Å². The van der Waals surface area contributed by atoms with Gasteiger partial charge in [-0.25, -0.2) is 4.39 Å². The van der Waals surface area contributed by atoms with Gasteiger partial charge in [-0.2, -0.15) is 0 Å². The molecule has 1 unspecified atom stereocenters. The zero-order valence-electron chi connectivity index (χ0n) is 11.4. The minimum absolute atomic E-state index is 0.0782. The topological polar surface area (TPSA) is 50.4 Å². The first kappa shape index (κ1) is 15.6. The number of carbonyl (C=O) groups is 1. The number of nitrogens with one attached hydrogen (secondary N) is 2. The van der Waals surface area contributed by atoms with E-state index in [0.29, 0.717) is 31.7 Å². The molecule has 5 heteroatoms. The van der Waals surface area contributed by atoms with Gasteiger partial charge in [0, 0.05) is 20.2 Å². The molecule has 1 aromatic carbocycles. The van der Waals surface area contributed by atoms with Crippen molar-refractivity contribution in [3.8, 4) is 0 Å². The van der Waals surface area contributed by atoms with Crippen molar-refractivity contribution in [2.75, 3.05) is 26.8 Å². The van der Waals surface area contributed by atoms with Gasteiger partial charge in [-0.3, -0.25) is 4.79 Å². The van der Waals surface area contributed by atoms with Crippen LogP contribution in [0.25, 0.3) is 0 Å². The molecule has 4 nitrogen and oxygen atoms in total. The Morgan fingerprint density at radius 2 is 2.11 bits per heavy atom. The van der Waals surface area contributed by atoms with E-state index in [2.05, 4.69) is 10.6 Å². The predicted octanol–water partition coefficient (Wildman–Crippen LogP) is 1.11. The van der Waals surface area contributed by atoms with Gasteiger partial charge in [0.15, 0.2) is 0 Å². The summed E-state index contributed by atoms with van der Waals surface area (Å²) in [4.78, 5) is 11.6. The Hall–Kier alpha value is -1.46. The van der Waals surface area contributed by atoms with Gasteiger partial charge in [-0.15, -0.1) is 0 Å². The fraction of sp³-hybridized carbons (Fsp3) is 0.500. The summed E-state index contributed by atoms with van der Waals surface area (Å²) in [5.41, 5.74) is 0.655. The molecule has 0 aliphatic carbocycles. The van der Waals surface area contributed by atoms with Crippen molar-refractivity contribution in [3.05, 3.63) is 35.6 Å². The van der Waals surface area contributed by atoms with Gasteiger partial charge in [0.2, 0.25) is 5.91 Å². The number of hydrogen-bond acceptors (Lipinski definition) is 3. The molecular formula is C14H21FN2O2. The summed E-state index contributed by atoms with van der Waals surface area (Å²) >= 11 is 0. The second-order valence-corrected chi connectivity index (χ2v) is 4.30. The first-order chi connectivity index (χ1) is 9.15. The van der Waals surface area contributed by atoms with Crippen molar-refractivity contribution in [1.29, 1.82) is 0 Å². The van der Waals surface area contributed by atoms with Crippen LogP contribution in [0.15, 0.2) is 24.3 Å². The molecule has 0 radical (unpaired) electrons. The predicted molar refractivity (Wildman–Crippen MR) is 72.5 cm³/mol. The number of halogens is 1. The van der Waals surface area contributed by atoms with Crippen LogP contribution in [0.1, 0.15) is 12.5 Å². The third kappa shape index (κ3) is 5.81. The summed E-state index contributed by atoms with van der Waals surface area (Å²) in [6.45, 7) is 3.33. The number of rotatable bonds is 8. The monoisotopic (exact) mass is 268 g/mol. The summed E-state index contributed by atoms with van der Waals surface area (Å²) in [5, 5.41) is 5.81. The molecule has 0 spiro atoms. The highest BCUT2D eigenvalue weighted by atomic mass is 19.1. The van der Waals surface area contributed by atoms with Gasteiger partial charge in [0.05, 0.1) is 12.6 Å². The minimum Gasteiger partial charge on any atom is -0.383 e. The zero-order valence-corrected chi connectivity index (χ0v) is 11.4. The Bertz CT molecular complexity index is 399. The second-order valence-electron chi connectivity index (χ2n) is 4.30. The number of benzene rings is 1. The van der Waals surface area contributed by atoms with Crippen LogP contribution in [-0.2, 0) is 16.0 Å². The van der Waals surface area contributed by atoms with Crippen molar-refractivity contribution in [1.82, 2.24) is 10.6 Å². The maximum Gasteiger partial charge on any atom is 0.236 e. The first-order valence-corrected chi connectivity index (χ1v) is 6.38. The molecule has 0 heterocycles. The quantitative estimate of drug-likeness (QED) is 0.694. The highest BCUT2D eigenvalue weighted by Gasteiger charge is 2.11. The lowest BCUT2D eigenvalue weighted by molar-refractivity contribution is -0.122. The fourth-order valence-corrected chi connectivity index (χ4v) is 1.65. The molecule has 0 aliphatic heterocycles. The average molecular weight is 268 g/mol. The van der Waals surface area contributed by atoms with E-state index < -0.39 is 0 Å². The van der Waals surface area contributed by atoms with Crippen molar-refractivity contribution < 1.29 is 13.9 Å². The molecule has 19 heavy (non-hydrogen) atoms. The van der Waals surface area contributed by atoms with Crippen molar-refractivity contribution in [2.24, 2.45) is 0 Å². The maximum absolute atomic E-state index is 13.4. The molecule has 1 amide bonds. The number of carbonyl (C=O) groups excluding carboxylic acids is 1. The highest BCUT2D eigenvalue weighted by Crippen LogP contribution is 2.06. The first-order valence-electron chi connectivity index (χ1n) is 6.38. The lowest BCUT2D eigenvalue weighted by Gasteiger charge is -2.14. The summed E-state index contributed by atoms with van der Waals surface area (Å²) in [6, 6.07) is 6.36. The van der Waals surface area contributed by atoms with Gasteiger partial charge < -0.3 is 15.4 Å². The molecule has 0 bridgehead atoms. The third-order valence-electron chi connectivity index (χ3n) is 2.80. The van der Waals surface area contributed by atoms with Crippen molar-refractivity contribution in [3.63, 3.8) is 0 Å². The molecule has 0 saturated heterocycles. The van der Waals surface area contributed by atoms with E-state index in [1.165, 1.54) is 6.07 Å². The van der Waals surface area contributed by atoms with Crippen molar-refractivity contribution in [2.45, 2.75) is 19.4 Å². The van der Waals surface area contributed by atoms with Gasteiger partial charge >= 0.3 is 0 Å². The summed E-state index contributed by atoms with van der Waals surface area (Å²) in [6.07, 6.45) is 0.558. The fourth-order valence-electron chi connectivity index (χ4n) is 1.65.